The molecule has 3 heterocycles. The Balaban J connectivity index is 1.07. The number of hydrogen-bond donors (Lipinski definition) is 3. The van der Waals surface area contributed by atoms with E-state index in [2.05, 4.69) is 37.8 Å². The Hall–Kier alpha value is -3.43. The van der Waals surface area contributed by atoms with E-state index in [1.165, 1.54) is 17.5 Å². The molecular formula is C27H33N5O4. The molecule has 3 aromatic rings. The number of aliphatic hydroxyl groups excluding tert-OH is 1. The van der Waals surface area contributed by atoms with Crippen LogP contribution in [0, 0.1) is 6.92 Å². The second-order valence-electron chi connectivity index (χ2n) is 9.70. The minimum atomic E-state index is -0.653. The van der Waals surface area contributed by atoms with E-state index in [4.69, 9.17) is 9.26 Å². The Bertz CT molecular complexity index is 1190. The summed E-state index contributed by atoms with van der Waals surface area (Å²) < 4.78 is 10.9. The number of aliphatic hydroxyl groups is 1. The van der Waals surface area contributed by atoms with Crippen LogP contribution in [-0.2, 0) is 19.6 Å². The predicted octanol–water partition coefficient (Wildman–Crippen LogP) is 3.07. The van der Waals surface area contributed by atoms with Gasteiger partial charge in [-0.25, -0.2) is 4.98 Å². The average molecular weight is 492 g/mol. The molecule has 5 rings (SSSR count). The summed E-state index contributed by atoms with van der Waals surface area (Å²) >= 11 is 0. The SMILES string of the molecule is Cc1nocc1COc1ccc2c(c1)CCN(C[C@@H](O)CNC(=O)c1ccnc(NC3CCC3)c1)C2. The van der Waals surface area contributed by atoms with E-state index in [1.54, 1.807) is 24.6 Å². The summed E-state index contributed by atoms with van der Waals surface area (Å²) in [6.07, 6.45) is 7.00. The van der Waals surface area contributed by atoms with Crippen LogP contribution in [0.1, 0.15) is 52.0 Å². The lowest BCUT2D eigenvalue weighted by molar-refractivity contribution is 0.0841. The minimum Gasteiger partial charge on any atom is -0.489 e. The lowest BCUT2D eigenvalue weighted by Gasteiger charge is -2.30. The highest BCUT2D eigenvalue weighted by molar-refractivity contribution is 5.94. The van der Waals surface area contributed by atoms with E-state index in [9.17, 15) is 9.90 Å². The number of pyridine rings is 1. The molecule has 1 saturated carbocycles. The molecule has 0 unspecified atom stereocenters. The van der Waals surface area contributed by atoms with Gasteiger partial charge in [0.15, 0.2) is 0 Å². The summed E-state index contributed by atoms with van der Waals surface area (Å²) in [4.78, 5) is 19.1. The fourth-order valence-corrected chi connectivity index (χ4v) is 4.53. The molecule has 36 heavy (non-hydrogen) atoms. The topological polar surface area (TPSA) is 113 Å². The summed E-state index contributed by atoms with van der Waals surface area (Å²) in [6.45, 7) is 4.61. The van der Waals surface area contributed by atoms with Crippen LogP contribution in [0.5, 0.6) is 5.75 Å². The normalized spacial score (nSPS) is 16.6. The fraction of sp³-hybridized carbons (Fsp3) is 0.444. The van der Waals surface area contributed by atoms with Crippen molar-refractivity contribution in [2.75, 3.05) is 25.0 Å². The number of carbonyl (C=O) groups is 1. The molecule has 1 aliphatic heterocycles. The molecule has 0 bridgehead atoms. The molecule has 9 heteroatoms. The Labute approximate surface area is 210 Å². The average Bonchev–Trinajstić information content (AvgIpc) is 3.28. The van der Waals surface area contributed by atoms with Gasteiger partial charge in [0.2, 0.25) is 0 Å². The third-order valence-corrected chi connectivity index (χ3v) is 6.96. The van der Waals surface area contributed by atoms with Crippen LogP contribution in [0.4, 0.5) is 5.82 Å². The van der Waals surface area contributed by atoms with Crippen LogP contribution < -0.4 is 15.4 Å². The third kappa shape index (κ3) is 6.03. The Morgan fingerprint density at radius 3 is 2.94 bits per heavy atom. The second kappa shape index (κ2) is 11.1. The first-order chi connectivity index (χ1) is 17.5. The smallest absolute Gasteiger partial charge is 0.251 e. The zero-order valence-electron chi connectivity index (χ0n) is 20.6. The maximum atomic E-state index is 12.6. The van der Waals surface area contributed by atoms with Crippen molar-refractivity contribution in [1.82, 2.24) is 20.4 Å². The van der Waals surface area contributed by atoms with E-state index < -0.39 is 6.10 Å². The number of benzene rings is 1. The number of hydrogen-bond acceptors (Lipinski definition) is 8. The van der Waals surface area contributed by atoms with Crippen LogP contribution in [0.2, 0.25) is 0 Å². The highest BCUT2D eigenvalue weighted by Crippen LogP contribution is 2.25. The van der Waals surface area contributed by atoms with Gasteiger partial charge >= 0.3 is 0 Å². The largest absolute Gasteiger partial charge is 0.489 e. The van der Waals surface area contributed by atoms with Crippen molar-refractivity contribution >= 4 is 11.7 Å². The first-order valence-electron chi connectivity index (χ1n) is 12.6. The van der Waals surface area contributed by atoms with Gasteiger partial charge in [-0.3, -0.25) is 9.69 Å². The molecule has 9 nitrogen and oxygen atoms in total. The summed E-state index contributed by atoms with van der Waals surface area (Å²) in [7, 11) is 0. The number of rotatable bonds is 10. The van der Waals surface area contributed by atoms with Gasteiger partial charge in [-0.1, -0.05) is 11.2 Å². The quantitative estimate of drug-likeness (QED) is 0.397. The molecule has 1 aromatic carbocycles. The summed E-state index contributed by atoms with van der Waals surface area (Å²) in [6, 6.07) is 10.1. The molecule has 1 aliphatic carbocycles. The number of amides is 1. The predicted molar refractivity (Wildman–Crippen MR) is 135 cm³/mol. The number of β-amino-alcohol motifs (C(OH)–C–C–N with tert-alkyl or cyclic N) is 1. The van der Waals surface area contributed by atoms with Gasteiger partial charge in [-0.2, -0.15) is 0 Å². The van der Waals surface area contributed by atoms with Crippen molar-refractivity contribution in [1.29, 1.82) is 0 Å². The Morgan fingerprint density at radius 2 is 2.17 bits per heavy atom. The van der Waals surface area contributed by atoms with Crippen molar-refractivity contribution in [2.24, 2.45) is 0 Å². The number of aryl methyl sites for hydroxylation is 1. The van der Waals surface area contributed by atoms with Gasteiger partial charge < -0.3 is 25.0 Å². The van der Waals surface area contributed by atoms with Gasteiger partial charge in [0.1, 0.15) is 24.4 Å². The van der Waals surface area contributed by atoms with Crippen LogP contribution >= 0.6 is 0 Å². The van der Waals surface area contributed by atoms with Crippen molar-refractivity contribution in [3.05, 3.63) is 70.7 Å². The number of anilines is 1. The molecule has 190 valence electrons. The standard InChI is InChI=1S/C27H33N5O4/c1-18-22(17-36-31-18)16-35-25-6-5-21-14-32(10-8-19(21)11-25)15-24(33)13-29-27(34)20-7-9-28-26(12-20)30-23-3-2-4-23/h5-7,9,11-12,17,23-24,33H,2-4,8,10,13-16H2,1H3,(H,28,30)(H,29,34)/t24-/m0/s1. The first-order valence-corrected chi connectivity index (χ1v) is 12.6. The van der Waals surface area contributed by atoms with Crippen molar-refractivity contribution in [3.8, 4) is 5.75 Å². The van der Waals surface area contributed by atoms with Crippen molar-refractivity contribution in [2.45, 2.75) is 57.9 Å². The Morgan fingerprint density at radius 1 is 1.28 bits per heavy atom. The summed E-state index contributed by atoms with van der Waals surface area (Å²) in [5.74, 6) is 1.35. The lowest BCUT2D eigenvalue weighted by atomic mass is 9.93. The fourth-order valence-electron chi connectivity index (χ4n) is 4.53. The van der Waals surface area contributed by atoms with Gasteiger partial charge in [-0.15, -0.1) is 0 Å². The van der Waals surface area contributed by atoms with E-state index in [0.29, 0.717) is 24.8 Å². The molecule has 3 N–H and O–H groups in total. The van der Waals surface area contributed by atoms with Crippen molar-refractivity contribution in [3.63, 3.8) is 0 Å². The maximum Gasteiger partial charge on any atom is 0.251 e. The number of nitrogens with zero attached hydrogens (tertiary/aromatic N) is 3. The summed E-state index contributed by atoms with van der Waals surface area (Å²) in [5.41, 5.74) is 4.81. The zero-order chi connectivity index (χ0) is 24.9. The lowest BCUT2D eigenvalue weighted by Crippen LogP contribution is -2.42. The minimum absolute atomic E-state index is 0.199. The molecule has 2 aliphatic rings. The van der Waals surface area contributed by atoms with E-state index >= 15 is 0 Å². The number of carbonyl (C=O) groups excluding carboxylic acids is 1. The molecule has 1 atom stereocenters. The van der Waals surface area contributed by atoms with Gasteiger partial charge in [0.05, 0.1) is 17.4 Å². The first kappa shape index (κ1) is 24.3. The van der Waals surface area contributed by atoms with Crippen LogP contribution in [-0.4, -0.2) is 57.8 Å². The molecule has 0 saturated heterocycles. The zero-order valence-corrected chi connectivity index (χ0v) is 20.6. The maximum absolute atomic E-state index is 12.6. The van der Waals surface area contributed by atoms with Crippen LogP contribution in [0.3, 0.4) is 0 Å². The highest BCUT2D eigenvalue weighted by atomic mass is 16.5. The van der Waals surface area contributed by atoms with E-state index in [0.717, 1.165) is 55.2 Å². The molecular weight excluding hydrogens is 458 g/mol. The Kier molecular flexibility index (Phi) is 7.48. The number of ether oxygens (including phenoxy) is 1. The second-order valence-corrected chi connectivity index (χ2v) is 9.70. The van der Waals surface area contributed by atoms with E-state index in [1.807, 2.05) is 13.0 Å². The molecule has 0 radical (unpaired) electrons. The number of nitrogens with one attached hydrogen (secondary N) is 2. The molecule has 0 spiro atoms. The van der Waals surface area contributed by atoms with Gasteiger partial charge in [0, 0.05) is 44.0 Å². The third-order valence-electron chi connectivity index (χ3n) is 6.96. The van der Waals surface area contributed by atoms with Gasteiger partial charge in [0.25, 0.3) is 5.91 Å². The van der Waals surface area contributed by atoms with Crippen molar-refractivity contribution < 1.29 is 19.2 Å². The van der Waals surface area contributed by atoms with Crippen LogP contribution in [0.15, 0.2) is 47.3 Å². The molecule has 1 fully saturated rings. The molecule has 1 amide bonds. The van der Waals surface area contributed by atoms with Gasteiger partial charge in [-0.05, 0) is 68.0 Å². The highest BCUT2D eigenvalue weighted by Gasteiger charge is 2.21. The number of aromatic nitrogens is 2. The van der Waals surface area contributed by atoms with E-state index in [-0.39, 0.29) is 12.5 Å². The summed E-state index contributed by atoms with van der Waals surface area (Å²) in [5, 5.41) is 20.7. The monoisotopic (exact) mass is 491 g/mol. The van der Waals surface area contributed by atoms with Crippen LogP contribution in [0.25, 0.3) is 0 Å². The molecule has 2 aromatic heterocycles. The number of fused-ring (bicyclic) bond motifs is 1.